The van der Waals surface area contributed by atoms with Crippen LogP contribution in [0.5, 0.6) is 0 Å². The molecule has 0 aliphatic carbocycles. The zero-order chi connectivity index (χ0) is 15.7. The molecule has 1 atom stereocenters. The Labute approximate surface area is 127 Å². The molecule has 1 unspecified atom stereocenters. The number of amides is 1. The minimum absolute atomic E-state index is 0.0982. The van der Waals surface area contributed by atoms with Crippen LogP contribution in [0.2, 0.25) is 0 Å². The van der Waals surface area contributed by atoms with Gasteiger partial charge in [-0.3, -0.25) is 4.79 Å². The third-order valence-corrected chi connectivity index (χ3v) is 3.51. The summed E-state index contributed by atoms with van der Waals surface area (Å²) in [5.41, 5.74) is 0. The first-order valence-electron chi connectivity index (χ1n) is 7.74. The van der Waals surface area contributed by atoms with E-state index < -0.39 is 0 Å². The van der Waals surface area contributed by atoms with Crippen molar-refractivity contribution in [3.63, 3.8) is 0 Å². The maximum atomic E-state index is 11.7. The van der Waals surface area contributed by atoms with Crippen molar-refractivity contribution in [1.29, 1.82) is 0 Å². The van der Waals surface area contributed by atoms with E-state index in [0.29, 0.717) is 24.2 Å². The lowest BCUT2D eigenvalue weighted by atomic mass is 10.1. The fraction of sp³-hybridized carbons (Fsp3) is 0.733. The number of nitrogens with zero attached hydrogens (tertiary/aromatic N) is 2. The van der Waals surface area contributed by atoms with Crippen LogP contribution in [0, 0.1) is 6.92 Å². The van der Waals surface area contributed by atoms with E-state index in [9.17, 15) is 4.79 Å². The van der Waals surface area contributed by atoms with Crippen molar-refractivity contribution in [3.8, 4) is 0 Å². The first-order valence-corrected chi connectivity index (χ1v) is 7.74. The fourth-order valence-corrected chi connectivity index (χ4v) is 2.14. The van der Waals surface area contributed by atoms with E-state index >= 15 is 0 Å². The molecule has 21 heavy (non-hydrogen) atoms. The summed E-state index contributed by atoms with van der Waals surface area (Å²) in [6.07, 6.45) is 2.20. The second kappa shape index (κ2) is 9.52. The van der Waals surface area contributed by atoms with Crippen molar-refractivity contribution >= 4 is 11.7 Å². The van der Waals surface area contributed by atoms with E-state index in [1.165, 1.54) is 0 Å². The normalized spacial score (nSPS) is 12.6. The van der Waals surface area contributed by atoms with Crippen molar-refractivity contribution in [2.45, 2.75) is 46.6 Å². The Morgan fingerprint density at radius 2 is 2.14 bits per heavy atom. The molecule has 0 aliphatic rings. The molecule has 2 N–H and O–H groups in total. The first kappa shape index (κ1) is 17.7. The molecule has 1 rings (SSSR count). The lowest BCUT2D eigenvalue weighted by Crippen LogP contribution is -2.35. The van der Waals surface area contributed by atoms with Gasteiger partial charge in [0.15, 0.2) is 5.82 Å². The molecule has 1 aromatic heterocycles. The smallest absolute Gasteiger partial charge is 0.239 e. The SMILES string of the molecule is CCN(CC)CCCC(C)NCC(=O)Nc1cc(C)on1. The second-order valence-electron chi connectivity index (χ2n) is 5.32. The quantitative estimate of drug-likeness (QED) is 0.691. The van der Waals surface area contributed by atoms with Gasteiger partial charge in [0, 0.05) is 12.1 Å². The van der Waals surface area contributed by atoms with Crippen LogP contribution in [0.4, 0.5) is 5.82 Å². The Hall–Kier alpha value is -1.40. The summed E-state index contributed by atoms with van der Waals surface area (Å²) in [6.45, 7) is 11.9. The molecule has 1 aromatic rings. The van der Waals surface area contributed by atoms with Gasteiger partial charge in [-0.15, -0.1) is 0 Å². The Morgan fingerprint density at radius 1 is 1.43 bits per heavy atom. The zero-order valence-corrected chi connectivity index (χ0v) is 13.6. The summed E-state index contributed by atoms with van der Waals surface area (Å²) in [5.74, 6) is 1.05. The van der Waals surface area contributed by atoms with Crippen molar-refractivity contribution in [1.82, 2.24) is 15.4 Å². The summed E-state index contributed by atoms with van der Waals surface area (Å²) >= 11 is 0. The van der Waals surface area contributed by atoms with Crippen molar-refractivity contribution in [3.05, 3.63) is 11.8 Å². The number of anilines is 1. The number of carbonyl (C=O) groups is 1. The van der Waals surface area contributed by atoms with Crippen LogP contribution < -0.4 is 10.6 Å². The van der Waals surface area contributed by atoms with Gasteiger partial charge in [0.25, 0.3) is 0 Å². The van der Waals surface area contributed by atoms with E-state index in [2.05, 4.69) is 41.5 Å². The fourth-order valence-electron chi connectivity index (χ4n) is 2.14. The molecule has 1 heterocycles. The summed E-state index contributed by atoms with van der Waals surface area (Å²) in [5, 5.41) is 9.66. The largest absolute Gasteiger partial charge is 0.360 e. The highest BCUT2D eigenvalue weighted by Crippen LogP contribution is 2.06. The number of nitrogens with one attached hydrogen (secondary N) is 2. The minimum atomic E-state index is -0.0982. The average molecular weight is 296 g/mol. The second-order valence-corrected chi connectivity index (χ2v) is 5.32. The maximum absolute atomic E-state index is 11.7. The van der Waals surface area contributed by atoms with E-state index in [-0.39, 0.29) is 5.91 Å². The lowest BCUT2D eigenvalue weighted by Gasteiger charge is -2.19. The molecule has 120 valence electrons. The topological polar surface area (TPSA) is 70.4 Å². The molecular weight excluding hydrogens is 268 g/mol. The summed E-state index contributed by atoms with van der Waals surface area (Å²) < 4.78 is 4.90. The molecule has 0 radical (unpaired) electrons. The molecular formula is C15H28N4O2. The van der Waals surface area contributed by atoms with Crippen molar-refractivity contribution < 1.29 is 9.32 Å². The van der Waals surface area contributed by atoms with E-state index in [1.54, 1.807) is 13.0 Å². The summed E-state index contributed by atoms with van der Waals surface area (Å²) in [4.78, 5) is 14.1. The van der Waals surface area contributed by atoms with E-state index in [1.807, 2.05) is 0 Å². The predicted octanol–water partition coefficient (Wildman–Crippen LogP) is 2.02. The molecule has 0 aliphatic heterocycles. The van der Waals surface area contributed by atoms with Gasteiger partial charge < -0.3 is 20.1 Å². The molecule has 0 saturated heterocycles. The van der Waals surface area contributed by atoms with Gasteiger partial charge in [0.2, 0.25) is 5.91 Å². The Bertz CT molecular complexity index is 416. The van der Waals surface area contributed by atoms with Gasteiger partial charge in [-0.05, 0) is 46.3 Å². The van der Waals surface area contributed by atoms with Crippen LogP contribution in [0.25, 0.3) is 0 Å². The van der Waals surface area contributed by atoms with Gasteiger partial charge in [0.1, 0.15) is 5.76 Å². The maximum Gasteiger partial charge on any atom is 0.239 e. The molecule has 0 aromatic carbocycles. The highest BCUT2D eigenvalue weighted by Gasteiger charge is 2.08. The highest BCUT2D eigenvalue weighted by atomic mass is 16.5. The van der Waals surface area contributed by atoms with Crippen LogP contribution in [0.1, 0.15) is 39.4 Å². The summed E-state index contributed by atoms with van der Waals surface area (Å²) in [6, 6.07) is 2.02. The molecule has 1 amide bonds. The van der Waals surface area contributed by atoms with Crippen LogP contribution >= 0.6 is 0 Å². The van der Waals surface area contributed by atoms with Crippen molar-refractivity contribution in [2.75, 3.05) is 31.5 Å². The zero-order valence-electron chi connectivity index (χ0n) is 13.6. The Morgan fingerprint density at radius 3 is 2.71 bits per heavy atom. The molecule has 6 heteroatoms. The Balaban J connectivity index is 2.14. The van der Waals surface area contributed by atoms with Gasteiger partial charge in [-0.1, -0.05) is 19.0 Å². The standard InChI is InChI=1S/C15H28N4O2/c1-5-19(6-2)9-7-8-12(3)16-11-15(20)17-14-10-13(4)21-18-14/h10,12,16H,5-9,11H2,1-4H3,(H,17,18,20). The van der Waals surface area contributed by atoms with Gasteiger partial charge >= 0.3 is 0 Å². The molecule has 0 spiro atoms. The third-order valence-electron chi connectivity index (χ3n) is 3.51. The number of carbonyl (C=O) groups excluding carboxylic acids is 1. The average Bonchev–Trinajstić information content (AvgIpc) is 2.86. The van der Waals surface area contributed by atoms with Crippen molar-refractivity contribution in [2.24, 2.45) is 0 Å². The van der Waals surface area contributed by atoms with Gasteiger partial charge in [-0.2, -0.15) is 0 Å². The first-order chi connectivity index (χ1) is 10.0. The number of hydrogen-bond acceptors (Lipinski definition) is 5. The van der Waals surface area contributed by atoms with E-state index in [4.69, 9.17) is 4.52 Å². The summed E-state index contributed by atoms with van der Waals surface area (Å²) in [7, 11) is 0. The van der Waals surface area contributed by atoms with E-state index in [0.717, 1.165) is 32.5 Å². The van der Waals surface area contributed by atoms with Gasteiger partial charge in [-0.25, -0.2) is 0 Å². The minimum Gasteiger partial charge on any atom is -0.360 e. The lowest BCUT2D eigenvalue weighted by molar-refractivity contribution is -0.115. The number of rotatable bonds is 10. The van der Waals surface area contributed by atoms with Crippen LogP contribution in [-0.4, -0.2) is 48.2 Å². The molecule has 0 saturated carbocycles. The predicted molar refractivity (Wildman–Crippen MR) is 84.4 cm³/mol. The third kappa shape index (κ3) is 7.24. The van der Waals surface area contributed by atoms with Crippen LogP contribution in [0.3, 0.4) is 0 Å². The van der Waals surface area contributed by atoms with Gasteiger partial charge in [0.05, 0.1) is 6.54 Å². The number of aromatic nitrogens is 1. The molecule has 0 fully saturated rings. The molecule has 6 nitrogen and oxygen atoms in total. The highest BCUT2D eigenvalue weighted by molar-refractivity contribution is 5.91. The molecule has 0 bridgehead atoms. The van der Waals surface area contributed by atoms with Crippen LogP contribution in [0.15, 0.2) is 10.6 Å². The van der Waals surface area contributed by atoms with Crippen LogP contribution in [-0.2, 0) is 4.79 Å². The monoisotopic (exact) mass is 296 g/mol. The number of hydrogen-bond donors (Lipinski definition) is 2. The number of aryl methyl sites for hydroxylation is 1. The Kier molecular flexibility index (Phi) is 8.00.